The standard InChI is InChI=1S/C16H22N4S/c1-5-17-13-8-11(10-6-7-10)18-14(20-13)12-9-21-15(19-12)16(2,3)4/h8-10H,5-7H2,1-4H3,(H,17,18,20). The molecule has 0 amide bonds. The Bertz CT molecular complexity index is 638. The maximum absolute atomic E-state index is 4.74. The lowest BCUT2D eigenvalue weighted by atomic mass is 9.98. The maximum Gasteiger partial charge on any atom is 0.181 e. The van der Waals surface area contributed by atoms with Crippen LogP contribution in [0.3, 0.4) is 0 Å². The van der Waals surface area contributed by atoms with E-state index >= 15 is 0 Å². The van der Waals surface area contributed by atoms with E-state index in [-0.39, 0.29) is 5.41 Å². The fourth-order valence-corrected chi connectivity index (χ4v) is 3.05. The molecule has 0 unspecified atom stereocenters. The molecule has 112 valence electrons. The van der Waals surface area contributed by atoms with Gasteiger partial charge < -0.3 is 5.32 Å². The van der Waals surface area contributed by atoms with Gasteiger partial charge in [-0.25, -0.2) is 15.0 Å². The Morgan fingerprint density at radius 3 is 2.57 bits per heavy atom. The Morgan fingerprint density at radius 1 is 1.24 bits per heavy atom. The summed E-state index contributed by atoms with van der Waals surface area (Å²) in [6.07, 6.45) is 2.48. The first-order chi connectivity index (χ1) is 9.97. The van der Waals surface area contributed by atoms with Crippen LogP contribution in [-0.4, -0.2) is 21.5 Å². The summed E-state index contributed by atoms with van der Waals surface area (Å²) in [5.74, 6) is 2.28. The zero-order valence-corrected chi connectivity index (χ0v) is 13.9. The van der Waals surface area contributed by atoms with E-state index in [4.69, 9.17) is 9.97 Å². The Kier molecular flexibility index (Phi) is 3.69. The number of hydrogen-bond donors (Lipinski definition) is 1. The molecule has 0 spiro atoms. The minimum Gasteiger partial charge on any atom is -0.370 e. The predicted molar refractivity (Wildman–Crippen MR) is 88.0 cm³/mol. The molecule has 0 saturated heterocycles. The van der Waals surface area contributed by atoms with E-state index in [0.717, 1.165) is 34.6 Å². The lowest BCUT2D eigenvalue weighted by molar-refractivity contribution is 0.586. The van der Waals surface area contributed by atoms with Crippen LogP contribution in [0.15, 0.2) is 11.4 Å². The number of thiazole rings is 1. The molecule has 1 fully saturated rings. The molecule has 1 aliphatic carbocycles. The Labute approximate surface area is 130 Å². The minimum absolute atomic E-state index is 0.0710. The van der Waals surface area contributed by atoms with E-state index in [1.807, 2.05) is 0 Å². The number of rotatable bonds is 4. The summed E-state index contributed by atoms with van der Waals surface area (Å²) in [5.41, 5.74) is 2.12. The van der Waals surface area contributed by atoms with Crippen LogP contribution in [0.25, 0.3) is 11.5 Å². The van der Waals surface area contributed by atoms with Crippen LogP contribution in [0, 0.1) is 0 Å². The fourth-order valence-electron chi connectivity index (χ4n) is 2.16. The molecule has 0 radical (unpaired) electrons. The number of hydrogen-bond acceptors (Lipinski definition) is 5. The van der Waals surface area contributed by atoms with E-state index in [2.05, 4.69) is 49.4 Å². The van der Waals surface area contributed by atoms with Gasteiger partial charge in [0.25, 0.3) is 0 Å². The minimum atomic E-state index is 0.0710. The first-order valence-electron chi connectivity index (χ1n) is 7.56. The van der Waals surface area contributed by atoms with Gasteiger partial charge in [0.15, 0.2) is 5.82 Å². The smallest absolute Gasteiger partial charge is 0.181 e. The van der Waals surface area contributed by atoms with Gasteiger partial charge in [-0.15, -0.1) is 11.3 Å². The fraction of sp³-hybridized carbons (Fsp3) is 0.562. The molecule has 0 bridgehead atoms. The Balaban J connectivity index is 1.98. The van der Waals surface area contributed by atoms with Crippen LogP contribution in [0.5, 0.6) is 0 Å². The van der Waals surface area contributed by atoms with Crippen molar-refractivity contribution in [2.24, 2.45) is 0 Å². The summed E-state index contributed by atoms with van der Waals surface area (Å²) in [4.78, 5) is 14.1. The highest BCUT2D eigenvalue weighted by molar-refractivity contribution is 7.10. The highest BCUT2D eigenvalue weighted by Crippen LogP contribution is 2.40. The summed E-state index contributed by atoms with van der Waals surface area (Å²) < 4.78 is 0. The topological polar surface area (TPSA) is 50.7 Å². The molecule has 2 aromatic rings. The summed E-state index contributed by atoms with van der Waals surface area (Å²) in [5, 5.41) is 6.50. The van der Waals surface area contributed by atoms with Gasteiger partial charge in [-0.1, -0.05) is 20.8 Å². The molecular weight excluding hydrogens is 280 g/mol. The van der Waals surface area contributed by atoms with Crippen LogP contribution in [0.2, 0.25) is 0 Å². The van der Waals surface area contributed by atoms with Crippen molar-refractivity contribution in [3.63, 3.8) is 0 Å². The lowest BCUT2D eigenvalue weighted by Crippen LogP contribution is -2.10. The van der Waals surface area contributed by atoms with Crippen molar-refractivity contribution in [1.29, 1.82) is 0 Å². The average Bonchev–Trinajstić information content (AvgIpc) is 3.14. The summed E-state index contributed by atoms with van der Waals surface area (Å²) in [6.45, 7) is 9.49. The molecule has 0 aliphatic heterocycles. The molecule has 4 nitrogen and oxygen atoms in total. The van der Waals surface area contributed by atoms with Crippen molar-refractivity contribution in [3.8, 4) is 11.5 Å². The van der Waals surface area contributed by atoms with Gasteiger partial charge in [-0.3, -0.25) is 0 Å². The van der Waals surface area contributed by atoms with Gasteiger partial charge in [0.1, 0.15) is 11.5 Å². The second-order valence-electron chi connectivity index (χ2n) is 6.59. The third-order valence-corrected chi connectivity index (χ3v) is 4.74. The molecule has 5 heteroatoms. The summed E-state index contributed by atoms with van der Waals surface area (Å²) in [7, 11) is 0. The van der Waals surface area contributed by atoms with Crippen LogP contribution in [0.1, 0.15) is 57.2 Å². The molecule has 3 rings (SSSR count). The van der Waals surface area contributed by atoms with Crippen LogP contribution in [-0.2, 0) is 5.41 Å². The average molecular weight is 302 g/mol. The molecular formula is C16H22N4S. The first-order valence-corrected chi connectivity index (χ1v) is 8.44. The van der Waals surface area contributed by atoms with Crippen molar-refractivity contribution >= 4 is 17.2 Å². The zero-order chi connectivity index (χ0) is 15.0. The SMILES string of the molecule is CCNc1cc(C2CC2)nc(-c2csc(C(C)(C)C)n2)n1. The molecule has 21 heavy (non-hydrogen) atoms. The maximum atomic E-state index is 4.74. The zero-order valence-electron chi connectivity index (χ0n) is 13.1. The molecule has 0 aromatic carbocycles. The first kappa shape index (κ1) is 14.4. The largest absolute Gasteiger partial charge is 0.370 e. The van der Waals surface area contributed by atoms with Crippen LogP contribution < -0.4 is 5.32 Å². The molecule has 2 heterocycles. The monoisotopic (exact) mass is 302 g/mol. The number of anilines is 1. The van der Waals surface area contributed by atoms with E-state index in [0.29, 0.717) is 5.92 Å². The molecule has 1 aliphatic rings. The second-order valence-corrected chi connectivity index (χ2v) is 7.45. The van der Waals surface area contributed by atoms with Crippen molar-refractivity contribution in [3.05, 3.63) is 22.1 Å². The van der Waals surface area contributed by atoms with Crippen LogP contribution >= 0.6 is 11.3 Å². The molecule has 1 saturated carbocycles. The quantitative estimate of drug-likeness (QED) is 0.919. The second kappa shape index (κ2) is 5.37. The summed E-state index contributed by atoms with van der Waals surface area (Å²) in [6, 6.07) is 2.09. The number of aromatic nitrogens is 3. The molecule has 2 aromatic heterocycles. The van der Waals surface area contributed by atoms with Gasteiger partial charge >= 0.3 is 0 Å². The molecule has 0 atom stereocenters. The molecule has 1 N–H and O–H groups in total. The Morgan fingerprint density at radius 2 is 2.00 bits per heavy atom. The third-order valence-electron chi connectivity index (χ3n) is 3.47. The van der Waals surface area contributed by atoms with Gasteiger partial charge in [0.2, 0.25) is 0 Å². The van der Waals surface area contributed by atoms with Gasteiger partial charge in [-0.05, 0) is 19.8 Å². The van der Waals surface area contributed by atoms with Gasteiger partial charge in [0.05, 0.1) is 5.01 Å². The van der Waals surface area contributed by atoms with Crippen molar-refractivity contribution in [1.82, 2.24) is 15.0 Å². The van der Waals surface area contributed by atoms with Gasteiger partial charge in [-0.2, -0.15) is 0 Å². The van der Waals surface area contributed by atoms with Gasteiger partial charge in [0, 0.05) is 35.0 Å². The lowest BCUT2D eigenvalue weighted by Gasteiger charge is -2.13. The van der Waals surface area contributed by atoms with E-state index in [1.165, 1.54) is 12.8 Å². The number of nitrogens with one attached hydrogen (secondary N) is 1. The highest BCUT2D eigenvalue weighted by atomic mass is 32.1. The van der Waals surface area contributed by atoms with Crippen LogP contribution in [0.4, 0.5) is 5.82 Å². The van der Waals surface area contributed by atoms with E-state index < -0.39 is 0 Å². The number of nitrogens with zero attached hydrogens (tertiary/aromatic N) is 3. The van der Waals surface area contributed by atoms with E-state index in [9.17, 15) is 0 Å². The highest BCUT2D eigenvalue weighted by Gasteiger charge is 2.27. The Hall–Kier alpha value is -1.49. The van der Waals surface area contributed by atoms with Crippen molar-refractivity contribution in [2.75, 3.05) is 11.9 Å². The predicted octanol–water partition coefficient (Wildman–Crippen LogP) is 4.21. The summed E-state index contributed by atoms with van der Waals surface area (Å²) >= 11 is 1.69. The normalized spacial score (nSPS) is 15.2. The van der Waals surface area contributed by atoms with Crippen molar-refractivity contribution < 1.29 is 0 Å². The van der Waals surface area contributed by atoms with E-state index in [1.54, 1.807) is 11.3 Å². The third kappa shape index (κ3) is 3.23. The van der Waals surface area contributed by atoms with Crippen molar-refractivity contribution in [2.45, 2.75) is 51.9 Å².